The minimum Gasteiger partial charge on any atom is -0.456 e. The Bertz CT molecular complexity index is 2930. The Morgan fingerprint density at radius 1 is 0.348 bits per heavy atom. The van der Waals surface area contributed by atoms with E-state index in [9.17, 15) is 0 Å². The van der Waals surface area contributed by atoms with Crippen molar-refractivity contribution in [3.63, 3.8) is 0 Å². The highest BCUT2D eigenvalue weighted by Gasteiger charge is 2.23. The Kier molecular flexibility index (Phi) is 4.55. The predicted octanol–water partition coefficient (Wildman–Crippen LogP) is 11.7. The van der Waals surface area contributed by atoms with Gasteiger partial charge in [-0.2, -0.15) is 0 Å². The molecule has 0 unspecified atom stereocenters. The first-order valence-corrected chi connectivity index (χ1v) is 15.6. The van der Waals surface area contributed by atoms with Gasteiger partial charge < -0.3 is 18.0 Å². The summed E-state index contributed by atoms with van der Waals surface area (Å²) in [4.78, 5) is 0. The molecule has 214 valence electrons. The zero-order valence-corrected chi connectivity index (χ0v) is 24.6. The number of aromatic nitrogens is 2. The molecule has 0 bridgehead atoms. The first-order valence-electron chi connectivity index (χ1n) is 15.6. The fourth-order valence-electron chi connectivity index (χ4n) is 7.83. The number of nitrogens with zero attached hydrogens (tertiary/aromatic N) is 2. The number of furan rings is 2. The van der Waals surface area contributed by atoms with E-state index in [1.54, 1.807) is 0 Å². The second-order valence-electron chi connectivity index (χ2n) is 12.1. The van der Waals surface area contributed by atoms with Gasteiger partial charge in [0, 0.05) is 48.8 Å². The Labute approximate surface area is 261 Å². The lowest BCUT2D eigenvalue weighted by Crippen LogP contribution is -1.99. The van der Waals surface area contributed by atoms with Crippen LogP contribution in [0, 0.1) is 0 Å². The molecule has 4 aromatic heterocycles. The van der Waals surface area contributed by atoms with E-state index in [2.05, 4.69) is 137 Å². The molecule has 0 aliphatic heterocycles. The second kappa shape index (κ2) is 8.68. The fraction of sp³-hybridized carbons (Fsp3) is 0. The molecule has 0 saturated heterocycles. The summed E-state index contributed by atoms with van der Waals surface area (Å²) in [5.74, 6) is 0. The predicted molar refractivity (Wildman–Crippen MR) is 190 cm³/mol. The van der Waals surface area contributed by atoms with Gasteiger partial charge in [0.2, 0.25) is 0 Å². The molecule has 11 aromatic rings. The third-order valence-corrected chi connectivity index (χ3v) is 9.70. The van der Waals surface area contributed by atoms with E-state index >= 15 is 0 Å². The van der Waals surface area contributed by atoms with Gasteiger partial charge >= 0.3 is 0 Å². The maximum atomic E-state index is 6.91. The first-order chi connectivity index (χ1) is 22.8. The molecule has 0 spiro atoms. The number of fused-ring (bicyclic) bond motifs is 13. The fourth-order valence-corrected chi connectivity index (χ4v) is 7.83. The van der Waals surface area contributed by atoms with E-state index in [0.29, 0.717) is 0 Å². The highest BCUT2D eigenvalue weighted by Crippen LogP contribution is 2.45. The normalized spacial score (nSPS) is 12.3. The summed E-state index contributed by atoms with van der Waals surface area (Å²) in [6, 6.07) is 51.6. The molecular formula is C42H24N2O2. The number of hydrogen-bond donors (Lipinski definition) is 0. The van der Waals surface area contributed by atoms with Crippen LogP contribution in [0.4, 0.5) is 0 Å². The maximum absolute atomic E-state index is 6.91. The summed E-state index contributed by atoms with van der Waals surface area (Å²) in [6.07, 6.45) is 0. The van der Waals surface area contributed by atoms with Gasteiger partial charge in [-0.05, 0) is 54.6 Å². The van der Waals surface area contributed by atoms with Gasteiger partial charge in [0.1, 0.15) is 16.7 Å². The van der Waals surface area contributed by atoms with Crippen LogP contribution in [0.3, 0.4) is 0 Å². The largest absolute Gasteiger partial charge is 0.456 e. The van der Waals surface area contributed by atoms with Crippen molar-refractivity contribution in [3.05, 3.63) is 146 Å². The SMILES string of the molecule is c1ccc2c(c1)oc1ccc3oc4c(-n5c6ccccc6c6ccccc65)cc(-n5c6ccccc6c6ccccc65)cc4c3c12. The van der Waals surface area contributed by atoms with Gasteiger partial charge in [-0.3, -0.25) is 0 Å². The van der Waals surface area contributed by atoms with Gasteiger partial charge in [0.15, 0.2) is 5.58 Å². The highest BCUT2D eigenvalue weighted by atomic mass is 16.3. The van der Waals surface area contributed by atoms with Crippen molar-refractivity contribution in [2.75, 3.05) is 0 Å². The smallest absolute Gasteiger partial charge is 0.159 e. The molecule has 4 nitrogen and oxygen atoms in total. The third-order valence-electron chi connectivity index (χ3n) is 9.70. The number of benzene rings is 7. The lowest BCUT2D eigenvalue weighted by atomic mass is 10.0. The van der Waals surface area contributed by atoms with Gasteiger partial charge in [0.05, 0.1) is 27.8 Å². The van der Waals surface area contributed by atoms with Crippen LogP contribution in [0.15, 0.2) is 154 Å². The Morgan fingerprint density at radius 3 is 1.39 bits per heavy atom. The van der Waals surface area contributed by atoms with Crippen LogP contribution in [0.5, 0.6) is 0 Å². The van der Waals surface area contributed by atoms with Crippen LogP contribution in [0.1, 0.15) is 0 Å². The zero-order chi connectivity index (χ0) is 29.9. The molecule has 0 atom stereocenters. The van der Waals surface area contributed by atoms with E-state index in [1.807, 2.05) is 18.2 Å². The molecule has 0 aliphatic rings. The van der Waals surface area contributed by atoms with Crippen molar-refractivity contribution in [2.45, 2.75) is 0 Å². The standard InChI is InChI=1S/C42H24N2O2/c1-6-16-32-26(11-1)27-12-2-7-17-33(27)43(32)25-23-31-41-39(22-21-38-40(41)30-15-5-10-20-37(30)45-38)46-42(31)36(24-25)44-34-18-8-3-13-28(34)29-14-4-9-19-35(29)44/h1-24H. The van der Waals surface area contributed by atoms with Gasteiger partial charge in [0.25, 0.3) is 0 Å². The minimum atomic E-state index is 0.843. The van der Waals surface area contributed by atoms with Crippen molar-refractivity contribution in [3.8, 4) is 11.4 Å². The molecule has 4 heteroatoms. The summed E-state index contributed by atoms with van der Waals surface area (Å²) in [6.45, 7) is 0. The van der Waals surface area contributed by atoms with E-state index < -0.39 is 0 Å². The summed E-state index contributed by atoms with van der Waals surface area (Å²) in [7, 11) is 0. The summed E-state index contributed by atoms with van der Waals surface area (Å²) < 4.78 is 18.0. The summed E-state index contributed by atoms with van der Waals surface area (Å²) in [5.41, 5.74) is 10.1. The number of hydrogen-bond acceptors (Lipinski definition) is 2. The summed E-state index contributed by atoms with van der Waals surface area (Å²) in [5, 5.41) is 9.20. The molecule has 0 amide bonds. The molecular weight excluding hydrogens is 564 g/mol. The van der Waals surface area contributed by atoms with Crippen LogP contribution in [-0.4, -0.2) is 9.13 Å². The molecule has 0 aliphatic carbocycles. The lowest BCUT2D eigenvalue weighted by molar-refractivity contribution is 0.661. The van der Waals surface area contributed by atoms with Crippen LogP contribution in [-0.2, 0) is 0 Å². The van der Waals surface area contributed by atoms with E-state index in [4.69, 9.17) is 8.83 Å². The van der Waals surface area contributed by atoms with Crippen molar-refractivity contribution in [2.24, 2.45) is 0 Å². The van der Waals surface area contributed by atoms with Crippen molar-refractivity contribution in [1.82, 2.24) is 9.13 Å². The Balaban J connectivity index is 1.38. The Hall–Kier alpha value is -6.26. The van der Waals surface area contributed by atoms with E-state index in [1.165, 1.54) is 32.6 Å². The van der Waals surface area contributed by atoms with Crippen LogP contribution >= 0.6 is 0 Å². The van der Waals surface area contributed by atoms with Gasteiger partial charge in [-0.25, -0.2) is 0 Å². The van der Waals surface area contributed by atoms with E-state index in [0.717, 1.165) is 66.3 Å². The average Bonchev–Trinajstić information content (AvgIpc) is 3.85. The lowest BCUT2D eigenvalue weighted by Gasteiger charge is -2.14. The average molecular weight is 589 g/mol. The molecule has 0 fully saturated rings. The zero-order valence-electron chi connectivity index (χ0n) is 24.6. The van der Waals surface area contributed by atoms with Crippen LogP contribution < -0.4 is 0 Å². The summed E-state index contributed by atoms with van der Waals surface area (Å²) >= 11 is 0. The van der Waals surface area contributed by atoms with Crippen molar-refractivity contribution in [1.29, 1.82) is 0 Å². The van der Waals surface area contributed by atoms with Gasteiger partial charge in [-0.1, -0.05) is 91.0 Å². The number of rotatable bonds is 2. The molecule has 0 N–H and O–H groups in total. The number of para-hydroxylation sites is 5. The molecule has 0 saturated carbocycles. The van der Waals surface area contributed by atoms with Gasteiger partial charge in [-0.15, -0.1) is 0 Å². The molecule has 4 heterocycles. The second-order valence-corrected chi connectivity index (χ2v) is 12.1. The van der Waals surface area contributed by atoms with Crippen molar-refractivity contribution < 1.29 is 8.83 Å². The molecule has 0 radical (unpaired) electrons. The van der Waals surface area contributed by atoms with E-state index in [-0.39, 0.29) is 0 Å². The quantitative estimate of drug-likeness (QED) is 0.201. The third kappa shape index (κ3) is 3.03. The molecule has 7 aromatic carbocycles. The molecule has 11 rings (SSSR count). The maximum Gasteiger partial charge on any atom is 0.159 e. The minimum absolute atomic E-state index is 0.843. The molecule has 46 heavy (non-hydrogen) atoms. The topological polar surface area (TPSA) is 36.1 Å². The monoisotopic (exact) mass is 588 g/mol. The highest BCUT2D eigenvalue weighted by molar-refractivity contribution is 6.27. The first kappa shape index (κ1) is 24.1. The Morgan fingerprint density at radius 2 is 0.804 bits per heavy atom. The van der Waals surface area contributed by atoms with Crippen LogP contribution in [0.25, 0.3) is 98.9 Å². The van der Waals surface area contributed by atoms with Crippen molar-refractivity contribution >= 4 is 87.5 Å². The van der Waals surface area contributed by atoms with Crippen LogP contribution in [0.2, 0.25) is 0 Å².